The fourth-order valence-electron chi connectivity index (χ4n) is 2.38. The highest BCUT2D eigenvalue weighted by Crippen LogP contribution is 2.15. The van der Waals surface area contributed by atoms with Gasteiger partial charge in [-0.1, -0.05) is 38.1 Å². The van der Waals surface area contributed by atoms with E-state index in [1.54, 1.807) is 13.3 Å². The van der Waals surface area contributed by atoms with Crippen LogP contribution in [0.2, 0.25) is 0 Å². The average Bonchev–Trinajstić information content (AvgIpc) is 2.54. The number of aliphatic imine (C=N–C) groups is 2. The molecule has 0 bridgehead atoms. The molecule has 0 amide bonds. The molecule has 0 saturated carbocycles. The molecule has 1 aromatic carbocycles. The predicted octanol–water partition coefficient (Wildman–Crippen LogP) is 4.30. The Kier molecular flexibility index (Phi) is 6.21. The van der Waals surface area contributed by atoms with Gasteiger partial charge in [0.2, 0.25) is 0 Å². The molecule has 3 nitrogen and oxygen atoms in total. The van der Waals surface area contributed by atoms with Crippen molar-refractivity contribution < 1.29 is 0 Å². The minimum atomic E-state index is 0.194. The van der Waals surface area contributed by atoms with E-state index < -0.39 is 0 Å². The first-order chi connectivity index (χ1) is 11.1. The molecule has 120 valence electrons. The third-order valence-corrected chi connectivity index (χ3v) is 3.65. The fraction of sp³-hybridized carbons (Fsp3) is 0.350. The van der Waals surface area contributed by atoms with E-state index >= 15 is 0 Å². The molecule has 2 rings (SSSR count). The second-order valence-electron chi connectivity index (χ2n) is 6.10. The number of pyridine rings is 1. The minimum Gasteiger partial charge on any atom is -0.294 e. The van der Waals surface area contributed by atoms with Gasteiger partial charge in [-0.2, -0.15) is 0 Å². The summed E-state index contributed by atoms with van der Waals surface area (Å²) in [7, 11) is 1.76. The number of rotatable bonds is 6. The van der Waals surface area contributed by atoms with Gasteiger partial charge in [-0.3, -0.25) is 15.0 Å². The van der Waals surface area contributed by atoms with E-state index in [-0.39, 0.29) is 6.04 Å². The van der Waals surface area contributed by atoms with E-state index in [1.165, 1.54) is 5.56 Å². The minimum absolute atomic E-state index is 0.194. The quantitative estimate of drug-likeness (QED) is 0.733. The van der Waals surface area contributed by atoms with Crippen LogP contribution >= 0.6 is 0 Å². The van der Waals surface area contributed by atoms with Gasteiger partial charge in [-0.15, -0.1) is 0 Å². The summed E-state index contributed by atoms with van der Waals surface area (Å²) in [6, 6.07) is 14.8. The van der Waals surface area contributed by atoms with Crippen LogP contribution in [-0.4, -0.2) is 30.5 Å². The van der Waals surface area contributed by atoms with Gasteiger partial charge in [0, 0.05) is 31.6 Å². The van der Waals surface area contributed by atoms with E-state index in [0.717, 1.165) is 23.4 Å². The molecule has 23 heavy (non-hydrogen) atoms. The zero-order valence-electron chi connectivity index (χ0n) is 14.4. The third kappa shape index (κ3) is 5.44. The molecule has 0 N–H and O–H groups in total. The van der Waals surface area contributed by atoms with Crippen LogP contribution in [0.25, 0.3) is 0 Å². The molecule has 3 heteroatoms. The summed E-state index contributed by atoms with van der Waals surface area (Å²) in [5, 5.41) is 0. The molecule has 2 aromatic rings. The summed E-state index contributed by atoms with van der Waals surface area (Å²) < 4.78 is 0. The van der Waals surface area contributed by atoms with Crippen LogP contribution in [0.15, 0.2) is 52.4 Å². The van der Waals surface area contributed by atoms with Crippen LogP contribution in [0, 0.1) is 0 Å². The van der Waals surface area contributed by atoms with Gasteiger partial charge in [-0.25, -0.2) is 0 Å². The van der Waals surface area contributed by atoms with Gasteiger partial charge in [0.15, 0.2) is 0 Å². The first-order valence-corrected chi connectivity index (χ1v) is 8.09. The lowest BCUT2D eigenvalue weighted by Gasteiger charge is -2.08. The highest BCUT2D eigenvalue weighted by molar-refractivity contribution is 5.80. The maximum absolute atomic E-state index is 4.67. The molecular formula is C20H25N3. The van der Waals surface area contributed by atoms with Crippen molar-refractivity contribution in [1.82, 2.24) is 4.98 Å². The molecule has 0 aliphatic heterocycles. The first kappa shape index (κ1) is 17.1. The fourth-order valence-corrected chi connectivity index (χ4v) is 2.38. The van der Waals surface area contributed by atoms with E-state index in [9.17, 15) is 0 Å². The SMILES string of the molecule is CN=Cc1cccc(CC(C)N=Cc2cccc(C(C)C)c2)n1. The number of nitrogens with zero attached hydrogens (tertiary/aromatic N) is 3. The summed E-state index contributed by atoms with van der Waals surface area (Å²) in [6.45, 7) is 6.53. The lowest BCUT2D eigenvalue weighted by molar-refractivity contribution is 0.727. The Morgan fingerprint density at radius 3 is 2.57 bits per heavy atom. The molecule has 0 aliphatic rings. The van der Waals surface area contributed by atoms with Gasteiger partial charge in [0.1, 0.15) is 0 Å². The van der Waals surface area contributed by atoms with Crippen molar-refractivity contribution in [3.05, 3.63) is 65.0 Å². The smallest absolute Gasteiger partial charge is 0.0811 e. The van der Waals surface area contributed by atoms with Crippen LogP contribution in [0.1, 0.15) is 49.2 Å². The van der Waals surface area contributed by atoms with Crippen LogP contribution in [0.5, 0.6) is 0 Å². The highest BCUT2D eigenvalue weighted by atomic mass is 14.8. The summed E-state index contributed by atoms with van der Waals surface area (Å²) in [6.07, 6.45) is 4.56. The zero-order chi connectivity index (χ0) is 16.7. The lowest BCUT2D eigenvalue weighted by Crippen LogP contribution is -2.06. The Balaban J connectivity index is 2.02. The predicted molar refractivity (Wildman–Crippen MR) is 99.0 cm³/mol. The third-order valence-electron chi connectivity index (χ3n) is 3.65. The lowest BCUT2D eigenvalue weighted by atomic mass is 10.0. The number of aromatic nitrogens is 1. The van der Waals surface area contributed by atoms with Gasteiger partial charge in [0.05, 0.1) is 11.7 Å². The molecule has 1 heterocycles. The summed E-state index contributed by atoms with van der Waals surface area (Å²) in [5.74, 6) is 0.535. The maximum atomic E-state index is 4.67. The molecule has 0 fully saturated rings. The Hall–Kier alpha value is -2.29. The Bertz CT molecular complexity index is 687. The largest absolute Gasteiger partial charge is 0.294 e. The van der Waals surface area contributed by atoms with E-state index in [2.05, 4.69) is 60.0 Å². The second-order valence-corrected chi connectivity index (χ2v) is 6.10. The van der Waals surface area contributed by atoms with Crippen molar-refractivity contribution in [3.63, 3.8) is 0 Å². The van der Waals surface area contributed by atoms with Crippen LogP contribution in [0.3, 0.4) is 0 Å². The van der Waals surface area contributed by atoms with Crippen molar-refractivity contribution in [2.75, 3.05) is 7.05 Å². The Labute approximate surface area is 139 Å². The standard InChI is InChI=1S/C20H25N3/c1-15(2)18-8-5-7-17(12-18)13-22-16(3)11-19-9-6-10-20(23-19)14-21-4/h5-10,12-16H,11H2,1-4H3. The molecule has 0 spiro atoms. The van der Waals surface area contributed by atoms with E-state index in [4.69, 9.17) is 0 Å². The normalized spacial score (nSPS) is 13.3. The zero-order valence-corrected chi connectivity index (χ0v) is 14.4. The highest BCUT2D eigenvalue weighted by Gasteiger charge is 2.03. The van der Waals surface area contributed by atoms with Crippen molar-refractivity contribution >= 4 is 12.4 Å². The molecule has 1 atom stereocenters. The maximum Gasteiger partial charge on any atom is 0.0811 e. The summed E-state index contributed by atoms with van der Waals surface area (Å²) in [4.78, 5) is 13.2. The van der Waals surface area contributed by atoms with Gasteiger partial charge in [-0.05, 0) is 42.2 Å². The topological polar surface area (TPSA) is 37.6 Å². The van der Waals surface area contributed by atoms with Gasteiger partial charge >= 0.3 is 0 Å². The number of hydrogen-bond donors (Lipinski definition) is 0. The van der Waals surface area contributed by atoms with Crippen LogP contribution < -0.4 is 0 Å². The number of benzene rings is 1. The van der Waals surface area contributed by atoms with Gasteiger partial charge in [0.25, 0.3) is 0 Å². The van der Waals surface area contributed by atoms with Crippen LogP contribution in [0.4, 0.5) is 0 Å². The van der Waals surface area contributed by atoms with Crippen molar-refractivity contribution in [3.8, 4) is 0 Å². The molecule has 0 aliphatic carbocycles. The Morgan fingerprint density at radius 1 is 1.04 bits per heavy atom. The molecule has 0 saturated heterocycles. The van der Waals surface area contributed by atoms with Crippen molar-refractivity contribution in [1.29, 1.82) is 0 Å². The molecular weight excluding hydrogens is 282 g/mol. The second kappa shape index (κ2) is 8.37. The monoisotopic (exact) mass is 307 g/mol. The molecule has 0 radical (unpaired) electrons. The van der Waals surface area contributed by atoms with Gasteiger partial charge < -0.3 is 0 Å². The number of hydrogen-bond acceptors (Lipinski definition) is 3. The molecule has 1 unspecified atom stereocenters. The summed E-state index contributed by atoms with van der Waals surface area (Å²) >= 11 is 0. The first-order valence-electron chi connectivity index (χ1n) is 8.09. The average molecular weight is 307 g/mol. The Morgan fingerprint density at radius 2 is 1.83 bits per heavy atom. The summed E-state index contributed by atoms with van der Waals surface area (Å²) in [5.41, 5.74) is 4.44. The van der Waals surface area contributed by atoms with Crippen molar-refractivity contribution in [2.45, 2.75) is 39.2 Å². The van der Waals surface area contributed by atoms with E-state index in [1.807, 2.05) is 24.4 Å². The van der Waals surface area contributed by atoms with Crippen LogP contribution in [-0.2, 0) is 6.42 Å². The molecule has 1 aromatic heterocycles. The van der Waals surface area contributed by atoms with E-state index in [0.29, 0.717) is 5.92 Å². The van der Waals surface area contributed by atoms with Crippen molar-refractivity contribution in [2.24, 2.45) is 9.98 Å².